The Morgan fingerprint density at radius 2 is 2.50 bits per heavy atom. The molecule has 1 aromatic heterocycles. The number of hydrogen-bond donors (Lipinski definition) is 1. The lowest BCUT2D eigenvalue weighted by molar-refractivity contribution is -0.137. The zero-order chi connectivity index (χ0) is 11.8. The molecular formula is C11H17N3O2. The van der Waals surface area contributed by atoms with E-state index in [1.54, 1.807) is 19.2 Å². The molecule has 0 fully saturated rings. The van der Waals surface area contributed by atoms with Gasteiger partial charge in [-0.2, -0.15) is 5.10 Å². The van der Waals surface area contributed by atoms with E-state index >= 15 is 0 Å². The van der Waals surface area contributed by atoms with Gasteiger partial charge in [0.15, 0.2) is 0 Å². The van der Waals surface area contributed by atoms with Crippen molar-refractivity contribution >= 4 is 5.97 Å². The van der Waals surface area contributed by atoms with E-state index in [2.05, 4.69) is 10.4 Å². The van der Waals surface area contributed by atoms with Crippen molar-refractivity contribution in [2.24, 2.45) is 7.05 Å². The highest BCUT2D eigenvalue weighted by Gasteiger charge is 1.96. The molecule has 0 saturated heterocycles. The fraction of sp³-hybridized carbons (Fsp3) is 0.455. The summed E-state index contributed by atoms with van der Waals surface area (Å²) < 4.78 is 6.55. The SMILES string of the molecule is CCOC(=O)/C=C/CNCc1ccnn1C. The van der Waals surface area contributed by atoms with E-state index in [9.17, 15) is 4.79 Å². The van der Waals surface area contributed by atoms with E-state index < -0.39 is 0 Å². The van der Waals surface area contributed by atoms with Crippen molar-refractivity contribution in [1.29, 1.82) is 0 Å². The minimum Gasteiger partial charge on any atom is -0.463 e. The lowest BCUT2D eigenvalue weighted by atomic mass is 10.4. The number of hydrogen-bond acceptors (Lipinski definition) is 4. The zero-order valence-electron chi connectivity index (χ0n) is 9.64. The predicted octanol–water partition coefficient (Wildman–Crippen LogP) is 0.629. The summed E-state index contributed by atoms with van der Waals surface area (Å²) in [6.45, 7) is 3.55. The molecule has 0 aliphatic carbocycles. The molecule has 0 atom stereocenters. The Labute approximate surface area is 95.1 Å². The van der Waals surface area contributed by atoms with Crippen LogP contribution in [0.4, 0.5) is 0 Å². The molecule has 0 bridgehead atoms. The average Bonchev–Trinajstić information content (AvgIpc) is 2.64. The second-order valence-corrected chi connectivity index (χ2v) is 3.23. The van der Waals surface area contributed by atoms with Crippen molar-refractivity contribution in [3.05, 3.63) is 30.1 Å². The van der Waals surface area contributed by atoms with E-state index in [0.29, 0.717) is 13.2 Å². The Morgan fingerprint density at radius 1 is 1.69 bits per heavy atom. The summed E-state index contributed by atoms with van der Waals surface area (Å²) in [6.07, 6.45) is 4.93. The van der Waals surface area contributed by atoms with Crippen LogP contribution in [-0.2, 0) is 23.1 Å². The maximum atomic E-state index is 10.9. The van der Waals surface area contributed by atoms with Gasteiger partial charge in [-0.05, 0) is 13.0 Å². The Morgan fingerprint density at radius 3 is 3.12 bits per heavy atom. The van der Waals surface area contributed by atoms with Gasteiger partial charge in [0.05, 0.1) is 12.3 Å². The number of aryl methyl sites for hydroxylation is 1. The predicted molar refractivity (Wildman–Crippen MR) is 60.7 cm³/mol. The normalized spacial score (nSPS) is 10.9. The van der Waals surface area contributed by atoms with Crippen molar-refractivity contribution in [1.82, 2.24) is 15.1 Å². The molecule has 0 unspecified atom stereocenters. The summed E-state index contributed by atoms with van der Waals surface area (Å²) >= 11 is 0. The van der Waals surface area contributed by atoms with Crippen molar-refractivity contribution in [3.8, 4) is 0 Å². The van der Waals surface area contributed by atoms with Gasteiger partial charge in [-0.3, -0.25) is 4.68 Å². The van der Waals surface area contributed by atoms with Gasteiger partial charge in [0.25, 0.3) is 0 Å². The first-order chi connectivity index (χ1) is 7.74. The number of ether oxygens (including phenoxy) is 1. The van der Waals surface area contributed by atoms with Gasteiger partial charge in [-0.15, -0.1) is 0 Å². The molecule has 0 amide bonds. The number of rotatable bonds is 6. The standard InChI is InChI=1S/C11H17N3O2/c1-3-16-11(15)5-4-7-12-9-10-6-8-13-14(10)2/h4-6,8,12H,3,7,9H2,1-2H3/b5-4+. The minimum absolute atomic E-state index is 0.301. The fourth-order valence-corrected chi connectivity index (χ4v) is 1.20. The van der Waals surface area contributed by atoms with E-state index in [0.717, 1.165) is 12.2 Å². The monoisotopic (exact) mass is 223 g/mol. The highest BCUT2D eigenvalue weighted by atomic mass is 16.5. The number of carbonyl (C=O) groups excluding carboxylic acids is 1. The van der Waals surface area contributed by atoms with Gasteiger partial charge in [-0.1, -0.05) is 6.08 Å². The second kappa shape index (κ2) is 6.79. The molecule has 1 rings (SSSR count). The van der Waals surface area contributed by atoms with Gasteiger partial charge < -0.3 is 10.1 Å². The molecule has 5 heteroatoms. The van der Waals surface area contributed by atoms with Crippen LogP contribution in [0.1, 0.15) is 12.6 Å². The van der Waals surface area contributed by atoms with E-state index in [4.69, 9.17) is 4.74 Å². The van der Waals surface area contributed by atoms with Crippen molar-refractivity contribution in [3.63, 3.8) is 0 Å². The van der Waals surface area contributed by atoms with E-state index in [1.165, 1.54) is 6.08 Å². The van der Waals surface area contributed by atoms with Crippen molar-refractivity contribution in [2.75, 3.05) is 13.2 Å². The fourth-order valence-electron chi connectivity index (χ4n) is 1.20. The van der Waals surface area contributed by atoms with Gasteiger partial charge in [0.2, 0.25) is 0 Å². The quantitative estimate of drug-likeness (QED) is 0.436. The van der Waals surface area contributed by atoms with Crippen LogP contribution in [0.3, 0.4) is 0 Å². The van der Waals surface area contributed by atoms with Crippen molar-refractivity contribution in [2.45, 2.75) is 13.5 Å². The molecule has 1 heterocycles. The molecule has 0 spiro atoms. The maximum absolute atomic E-state index is 10.9. The minimum atomic E-state index is -0.301. The molecule has 1 aromatic rings. The number of esters is 1. The summed E-state index contributed by atoms with van der Waals surface area (Å²) in [5.41, 5.74) is 1.10. The number of nitrogens with one attached hydrogen (secondary N) is 1. The summed E-state index contributed by atoms with van der Waals surface area (Å²) in [4.78, 5) is 10.9. The summed E-state index contributed by atoms with van der Waals surface area (Å²) in [7, 11) is 1.89. The van der Waals surface area contributed by atoms with E-state index in [1.807, 2.05) is 17.8 Å². The molecule has 0 aliphatic heterocycles. The first-order valence-corrected chi connectivity index (χ1v) is 5.25. The molecular weight excluding hydrogens is 206 g/mol. The third-order valence-corrected chi connectivity index (χ3v) is 2.03. The number of aromatic nitrogens is 2. The average molecular weight is 223 g/mol. The number of nitrogens with zero attached hydrogens (tertiary/aromatic N) is 2. The Balaban J connectivity index is 2.17. The molecule has 0 aromatic carbocycles. The first-order valence-electron chi connectivity index (χ1n) is 5.25. The zero-order valence-corrected chi connectivity index (χ0v) is 9.64. The van der Waals surface area contributed by atoms with Crippen LogP contribution in [0.2, 0.25) is 0 Å². The molecule has 0 radical (unpaired) electrons. The lowest BCUT2D eigenvalue weighted by Gasteiger charge is -2.01. The molecule has 0 saturated carbocycles. The summed E-state index contributed by atoms with van der Waals surface area (Å²) in [6, 6.07) is 1.95. The summed E-state index contributed by atoms with van der Waals surface area (Å²) in [5, 5.41) is 7.22. The molecule has 88 valence electrons. The largest absolute Gasteiger partial charge is 0.463 e. The van der Waals surface area contributed by atoms with E-state index in [-0.39, 0.29) is 5.97 Å². The smallest absolute Gasteiger partial charge is 0.330 e. The molecule has 1 N–H and O–H groups in total. The van der Waals surface area contributed by atoms with Gasteiger partial charge in [-0.25, -0.2) is 4.79 Å². The molecule has 16 heavy (non-hydrogen) atoms. The van der Waals surface area contributed by atoms with Crippen LogP contribution in [-0.4, -0.2) is 28.9 Å². The van der Waals surface area contributed by atoms with Crippen LogP contribution in [0.15, 0.2) is 24.4 Å². The summed E-state index contributed by atoms with van der Waals surface area (Å²) in [5.74, 6) is -0.301. The van der Waals surface area contributed by atoms with Crippen LogP contribution >= 0.6 is 0 Å². The van der Waals surface area contributed by atoms with Crippen LogP contribution in [0, 0.1) is 0 Å². The third-order valence-electron chi connectivity index (χ3n) is 2.03. The maximum Gasteiger partial charge on any atom is 0.330 e. The lowest BCUT2D eigenvalue weighted by Crippen LogP contribution is -2.15. The van der Waals surface area contributed by atoms with Crippen molar-refractivity contribution < 1.29 is 9.53 Å². The first kappa shape index (κ1) is 12.4. The highest BCUT2D eigenvalue weighted by Crippen LogP contribution is 1.94. The Kier molecular flexibility index (Phi) is 5.28. The van der Waals surface area contributed by atoms with Crippen LogP contribution in [0.25, 0.3) is 0 Å². The second-order valence-electron chi connectivity index (χ2n) is 3.23. The topological polar surface area (TPSA) is 56.1 Å². The third kappa shape index (κ3) is 4.27. The number of carbonyl (C=O) groups is 1. The van der Waals surface area contributed by atoms with Crippen LogP contribution in [0.5, 0.6) is 0 Å². The Hall–Kier alpha value is -1.62. The molecule has 0 aliphatic rings. The van der Waals surface area contributed by atoms with Gasteiger partial charge in [0.1, 0.15) is 0 Å². The van der Waals surface area contributed by atoms with Gasteiger partial charge >= 0.3 is 5.97 Å². The van der Waals surface area contributed by atoms with Gasteiger partial charge in [0, 0.05) is 32.4 Å². The van der Waals surface area contributed by atoms with Crippen LogP contribution < -0.4 is 5.32 Å². The highest BCUT2D eigenvalue weighted by molar-refractivity contribution is 5.81. The Bertz CT molecular complexity index is 358. The molecule has 5 nitrogen and oxygen atoms in total.